The van der Waals surface area contributed by atoms with Gasteiger partial charge in [0.25, 0.3) is 6.43 Å². The van der Waals surface area contributed by atoms with Gasteiger partial charge in [-0.25, -0.2) is 8.78 Å². The third-order valence-corrected chi connectivity index (χ3v) is 1.23. The van der Waals surface area contributed by atoms with E-state index in [2.05, 4.69) is 20.7 Å². The molecule has 0 amide bonds. The first-order valence-corrected chi connectivity index (χ1v) is 3.81. The van der Waals surface area contributed by atoms with E-state index in [-0.39, 0.29) is 0 Å². The summed E-state index contributed by atoms with van der Waals surface area (Å²) in [6.45, 7) is -0.0252. The van der Waals surface area contributed by atoms with Gasteiger partial charge in [-0.2, -0.15) is 0 Å². The van der Waals surface area contributed by atoms with Gasteiger partial charge in [-0.3, -0.25) is 0 Å². The van der Waals surface area contributed by atoms with Crippen LogP contribution in [0.5, 0.6) is 0 Å². The molecule has 0 aliphatic carbocycles. The second-order valence-corrected chi connectivity index (χ2v) is 2.30. The molecule has 4 heteroatoms. The second kappa shape index (κ2) is 6.42. The third-order valence-electron chi connectivity index (χ3n) is 0.666. The van der Waals surface area contributed by atoms with Gasteiger partial charge in [0, 0.05) is 11.9 Å². The first-order chi connectivity index (χ1) is 4.27. The average Bonchev–Trinajstić information content (AvgIpc) is 1.80. The molecule has 0 aliphatic rings. The largest absolute Gasteiger partial charge is 0.375 e. The first-order valence-electron chi connectivity index (χ1n) is 2.69. The van der Waals surface area contributed by atoms with Gasteiger partial charge in [0.1, 0.15) is 6.61 Å². The number of ether oxygens (including phenoxy) is 1. The molecular formula is C5H9BrF2O. The Hall–Kier alpha value is 0.300. The Labute approximate surface area is 61.5 Å². The van der Waals surface area contributed by atoms with Crippen molar-refractivity contribution in [3.8, 4) is 0 Å². The summed E-state index contributed by atoms with van der Waals surface area (Å²) in [5.74, 6) is 0. The number of rotatable bonds is 5. The standard InChI is InChI=1S/C5H9BrF2O/c6-2-1-3-9-4-5(7)8/h5H,1-4H2. The van der Waals surface area contributed by atoms with Gasteiger partial charge in [-0.15, -0.1) is 0 Å². The highest BCUT2D eigenvalue weighted by molar-refractivity contribution is 9.09. The third kappa shape index (κ3) is 8.30. The minimum Gasteiger partial charge on any atom is -0.375 e. The molecule has 0 saturated carbocycles. The van der Waals surface area contributed by atoms with E-state index in [0.717, 1.165) is 11.8 Å². The van der Waals surface area contributed by atoms with Crippen molar-refractivity contribution in [2.24, 2.45) is 0 Å². The fourth-order valence-corrected chi connectivity index (χ4v) is 0.558. The van der Waals surface area contributed by atoms with Gasteiger partial charge in [-0.05, 0) is 6.42 Å². The van der Waals surface area contributed by atoms with E-state index in [1.807, 2.05) is 0 Å². The van der Waals surface area contributed by atoms with Crippen molar-refractivity contribution in [1.82, 2.24) is 0 Å². The summed E-state index contributed by atoms with van der Waals surface area (Å²) in [5.41, 5.74) is 0. The topological polar surface area (TPSA) is 9.23 Å². The first kappa shape index (κ1) is 9.30. The van der Waals surface area contributed by atoms with Crippen molar-refractivity contribution in [2.75, 3.05) is 18.5 Å². The maximum Gasteiger partial charge on any atom is 0.261 e. The number of hydrogen-bond donors (Lipinski definition) is 0. The van der Waals surface area contributed by atoms with Gasteiger partial charge in [0.2, 0.25) is 0 Å². The normalized spacial score (nSPS) is 10.7. The Kier molecular flexibility index (Phi) is 6.63. The molecule has 0 saturated heterocycles. The molecule has 56 valence electrons. The van der Waals surface area contributed by atoms with Crippen LogP contribution in [0.15, 0.2) is 0 Å². The molecule has 0 N–H and O–H groups in total. The molecule has 0 spiro atoms. The molecule has 0 heterocycles. The molecule has 0 rings (SSSR count). The maximum atomic E-state index is 11.3. The number of halogens is 3. The summed E-state index contributed by atoms with van der Waals surface area (Å²) in [5, 5.41) is 0.802. The Morgan fingerprint density at radius 3 is 2.56 bits per heavy atom. The van der Waals surface area contributed by atoms with Crippen LogP contribution in [0, 0.1) is 0 Å². The van der Waals surface area contributed by atoms with E-state index in [1.165, 1.54) is 0 Å². The van der Waals surface area contributed by atoms with E-state index < -0.39 is 13.0 Å². The van der Waals surface area contributed by atoms with Gasteiger partial charge >= 0.3 is 0 Å². The lowest BCUT2D eigenvalue weighted by Crippen LogP contribution is -2.05. The van der Waals surface area contributed by atoms with Crippen molar-refractivity contribution < 1.29 is 13.5 Å². The van der Waals surface area contributed by atoms with E-state index in [1.54, 1.807) is 0 Å². The van der Waals surface area contributed by atoms with Gasteiger partial charge in [0.05, 0.1) is 0 Å². The van der Waals surface area contributed by atoms with Crippen molar-refractivity contribution in [3.63, 3.8) is 0 Å². The van der Waals surface area contributed by atoms with Gasteiger partial charge in [0.15, 0.2) is 0 Å². The fraction of sp³-hybridized carbons (Fsp3) is 1.00. The van der Waals surface area contributed by atoms with Crippen LogP contribution in [0.4, 0.5) is 8.78 Å². The summed E-state index contributed by atoms with van der Waals surface area (Å²) in [4.78, 5) is 0. The minimum atomic E-state index is -2.33. The lowest BCUT2D eigenvalue weighted by atomic mass is 10.5. The van der Waals surface area contributed by atoms with Crippen LogP contribution in [-0.2, 0) is 4.74 Å². The number of alkyl halides is 3. The molecule has 0 aromatic heterocycles. The fourth-order valence-electron chi connectivity index (χ4n) is 0.329. The van der Waals surface area contributed by atoms with Crippen LogP contribution in [0.3, 0.4) is 0 Å². The predicted molar refractivity (Wildman–Crippen MR) is 35.2 cm³/mol. The zero-order valence-corrected chi connectivity index (χ0v) is 6.53. The van der Waals surface area contributed by atoms with Crippen LogP contribution in [0.1, 0.15) is 6.42 Å². The van der Waals surface area contributed by atoms with Crippen LogP contribution in [0.25, 0.3) is 0 Å². The average molecular weight is 203 g/mol. The van der Waals surface area contributed by atoms with E-state index in [4.69, 9.17) is 0 Å². The molecular weight excluding hydrogens is 194 g/mol. The summed E-state index contributed by atoms with van der Waals surface area (Å²) < 4.78 is 27.2. The highest BCUT2D eigenvalue weighted by Gasteiger charge is 1.99. The number of hydrogen-bond acceptors (Lipinski definition) is 1. The zero-order chi connectivity index (χ0) is 7.11. The van der Waals surface area contributed by atoms with Crippen LogP contribution >= 0.6 is 15.9 Å². The monoisotopic (exact) mass is 202 g/mol. The maximum absolute atomic E-state index is 11.3. The highest BCUT2D eigenvalue weighted by atomic mass is 79.9. The molecule has 0 aliphatic heterocycles. The quantitative estimate of drug-likeness (QED) is 0.490. The smallest absolute Gasteiger partial charge is 0.261 e. The minimum absolute atomic E-state index is 0.412. The van der Waals surface area contributed by atoms with E-state index in [0.29, 0.717) is 6.61 Å². The molecule has 0 aromatic carbocycles. The Bertz CT molecular complexity index is 60.9. The Balaban J connectivity index is 2.75. The summed E-state index contributed by atoms with van der Waals surface area (Å²) in [6, 6.07) is 0. The molecule has 0 fully saturated rings. The summed E-state index contributed by atoms with van der Waals surface area (Å²) in [6.07, 6.45) is -1.55. The zero-order valence-electron chi connectivity index (χ0n) is 4.95. The molecule has 9 heavy (non-hydrogen) atoms. The summed E-state index contributed by atoms with van der Waals surface area (Å²) in [7, 11) is 0. The van der Waals surface area contributed by atoms with Gasteiger partial charge in [-0.1, -0.05) is 15.9 Å². The highest BCUT2D eigenvalue weighted by Crippen LogP contribution is 1.94. The SMILES string of the molecule is FC(F)COCCCBr. The van der Waals surface area contributed by atoms with Crippen molar-refractivity contribution >= 4 is 15.9 Å². The molecule has 0 aromatic rings. The van der Waals surface area contributed by atoms with E-state index in [9.17, 15) is 8.78 Å². The molecule has 0 atom stereocenters. The van der Waals surface area contributed by atoms with Crippen LogP contribution in [-0.4, -0.2) is 25.0 Å². The Morgan fingerprint density at radius 1 is 1.44 bits per heavy atom. The van der Waals surface area contributed by atoms with Crippen molar-refractivity contribution in [3.05, 3.63) is 0 Å². The van der Waals surface area contributed by atoms with Crippen molar-refractivity contribution in [1.29, 1.82) is 0 Å². The lowest BCUT2D eigenvalue weighted by Gasteiger charge is -1.99. The van der Waals surface area contributed by atoms with Gasteiger partial charge < -0.3 is 4.74 Å². The lowest BCUT2D eigenvalue weighted by molar-refractivity contribution is 0.0181. The Morgan fingerprint density at radius 2 is 2.11 bits per heavy atom. The second-order valence-electron chi connectivity index (χ2n) is 1.51. The van der Waals surface area contributed by atoms with Crippen molar-refractivity contribution in [2.45, 2.75) is 12.8 Å². The predicted octanol–water partition coefficient (Wildman–Crippen LogP) is 2.05. The summed E-state index contributed by atoms with van der Waals surface area (Å²) >= 11 is 3.15. The molecule has 1 nitrogen and oxygen atoms in total. The van der Waals surface area contributed by atoms with Crippen LogP contribution in [0.2, 0.25) is 0 Å². The molecule has 0 unspecified atom stereocenters. The van der Waals surface area contributed by atoms with Crippen LogP contribution < -0.4 is 0 Å². The molecule has 0 bridgehead atoms. The van der Waals surface area contributed by atoms with E-state index >= 15 is 0 Å². The molecule has 0 radical (unpaired) electrons.